The molecular formula is C9H12ClN3. The number of fused-ring (bicyclic) bond motifs is 1. The predicted octanol–water partition coefficient (Wildman–Crippen LogP) is 2.00. The Kier molecular flexibility index (Phi) is 2.90. The number of rotatable bonds is 1. The van der Waals surface area contributed by atoms with Crippen molar-refractivity contribution in [2.24, 2.45) is 5.73 Å². The lowest BCUT2D eigenvalue weighted by Gasteiger charge is -2.03. The van der Waals surface area contributed by atoms with E-state index in [0.29, 0.717) is 0 Å². The molecule has 3 nitrogen and oxygen atoms in total. The van der Waals surface area contributed by atoms with Crippen LogP contribution in [0.3, 0.4) is 0 Å². The van der Waals surface area contributed by atoms with Crippen molar-refractivity contribution in [2.45, 2.75) is 13.0 Å². The Morgan fingerprint density at radius 2 is 2.31 bits per heavy atom. The molecule has 2 rings (SSSR count). The van der Waals surface area contributed by atoms with Crippen LogP contribution >= 0.6 is 12.4 Å². The summed E-state index contributed by atoms with van der Waals surface area (Å²) in [6, 6.07) is 4.11. The minimum Gasteiger partial charge on any atom is -0.346 e. The molecular weight excluding hydrogens is 186 g/mol. The van der Waals surface area contributed by atoms with Crippen LogP contribution in [0.25, 0.3) is 11.0 Å². The zero-order chi connectivity index (χ0) is 8.55. The fourth-order valence-corrected chi connectivity index (χ4v) is 1.21. The normalized spacial score (nSPS) is 12.5. The maximum atomic E-state index is 5.72. The van der Waals surface area contributed by atoms with E-state index in [1.807, 2.05) is 25.4 Å². The van der Waals surface area contributed by atoms with Crippen molar-refractivity contribution in [3.8, 4) is 0 Å². The zero-order valence-electron chi connectivity index (χ0n) is 7.32. The standard InChI is InChI=1S/C9H11N3.ClH/c1-6(10)8-4-7-2-3-11-9(7)12-5-8;/h2-6H,10H2,1H3,(H,11,12);1H. The summed E-state index contributed by atoms with van der Waals surface area (Å²) in [6.07, 6.45) is 3.69. The van der Waals surface area contributed by atoms with E-state index in [9.17, 15) is 0 Å². The quantitative estimate of drug-likeness (QED) is 0.735. The first-order valence-corrected chi connectivity index (χ1v) is 3.96. The van der Waals surface area contributed by atoms with Gasteiger partial charge in [0.15, 0.2) is 0 Å². The van der Waals surface area contributed by atoms with Crippen molar-refractivity contribution < 1.29 is 0 Å². The highest BCUT2D eigenvalue weighted by atomic mass is 35.5. The van der Waals surface area contributed by atoms with Crippen LogP contribution in [0.1, 0.15) is 18.5 Å². The Labute approximate surface area is 82.8 Å². The summed E-state index contributed by atoms with van der Waals surface area (Å²) >= 11 is 0. The predicted molar refractivity (Wildman–Crippen MR) is 55.9 cm³/mol. The van der Waals surface area contributed by atoms with Gasteiger partial charge in [0.05, 0.1) is 0 Å². The van der Waals surface area contributed by atoms with Crippen LogP contribution in [-0.2, 0) is 0 Å². The molecule has 0 aliphatic heterocycles. The molecule has 3 N–H and O–H groups in total. The maximum Gasteiger partial charge on any atom is 0.137 e. The number of hydrogen-bond donors (Lipinski definition) is 2. The van der Waals surface area contributed by atoms with Gasteiger partial charge in [-0.2, -0.15) is 0 Å². The first-order valence-electron chi connectivity index (χ1n) is 3.96. The third-order valence-corrected chi connectivity index (χ3v) is 1.95. The lowest BCUT2D eigenvalue weighted by molar-refractivity contribution is 0.814. The van der Waals surface area contributed by atoms with Gasteiger partial charge in [0.2, 0.25) is 0 Å². The van der Waals surface area contributed by atoms with Crippen molar-refractivity contribution >= 4 is 23.4 Å². The number of aromatic nitrogens is 2. The third-order valence-electron chi connectivity index (χ3n) is 1.95. The van der Waals surface area contributed by atoms with Gasteiger partial charge >= 0.3 is 0 Å². The van der Waals surface area contributed by atoms with Gasteiger partial charge in [-0.3, -0.25) is 0 Å². The number of halogens is 1. The highest BCUT2D eigenvalue weighted by Crippen LogP contribution is 2.14. The summed E-state index contributed by atoms with van der Waals surface area (Å²) < 4.78 is 0. The van der Waals surface area contributed by atoms with E-state index in [-0.39, 0.29) is 18.4 Å². The van der Waals surface area contributed by atoms with Gasteiger partial charge in [-0.05, 0) is 24.6 Å². The molecule has 0 saturated carbocycles. The number of hydrogen-bond acceptors (Lipinski definition) is 2. The van der Waals surface area contributed by atoms with Gasteiger partial charge in [0, 0.05) is 23.8 Å². The van der Waals surface area contributed by atoms with Crippen molar-refractivity contribution in [1.29, 1.82) is 0 Å². The van der Waals surface area contributed by atoms with Crippen LogP contribution in [0.5, 0.6) is 0 Å². The Bertz CT molecular complexity index is 394. The molecule has 0 aliphatic rings. The average molecular weight is 198 g/mol. The van der Waals surface area contributed by atoms with Crippen molar-refractivity contribution in [3.63, 3.8) is 0 Å². The molecule has 2 aromatic heterocycles. The molecule has 0 spiro atoms. The van der Waals surface area contributed by atoms with E-state index in [1.165, 1.54) is 0 Å². The number of nitrogens with one attached hydrogen (secondary N) is 1. The molecule has 4 heteroatoms. The summed E-state index contributed by atoms with van der Waals surface area (Å²) in [7, 11) is 0. The molecule has 13 heavy (non-hydrogen) atoms. The van der Waals surface area contributed by atoms with Crippen LogP contribution in [0, 0.1) is 0 Å². The largest absolute Gasteiger partial charge is 0.346 e. The van der Waals surface area contributed by atoms with E-state index in [2.05, 4.69) is 16.0 Å². The molecule has 2 aromatic rings. The highest BCUT2D eigenvalue weighted by molar-refractivity contribution is 5.85. The van der Waals surface area contributed by atoms with E-state index >= 15 is 0 Å². The maximum absolute atomic E-state index is 5.72. The lowest BCUT2D eigenvalue weighted by Crippen LogP contribution is -2.04. The first-order chi connectivity index (χ1) is 5.77. The second-order valence-corrected chi connectivity index (χ2v) is 2.97. The number of aromatic amines is 1. The molecule has 0 radical (unpaired) electrons. The van der Waals surface area contributed by atoms with E-state index in [1.54, 1.807) is 0 Å². The Morgan fingerprint density at radius 1 is 1.54 bits per heavy atom. The zero-order valence-corrected chi connectivity index (χ0v) is 8.14. The van der Waals surface area contributed by atoms with E-state index in [0.717, 1.165) is 16.6 Å². The summed E-state index contributed by atoms with van der Waals surface area (Å²) in [6.45, 7) is 1.95. The second-order valence-electron chi connectivity index (χ2n) is 2.97. The van der Waals surface area contributed by atoms with Crippen molar-refractivity contribution in [3.05, 3.63) is 30.1 Å². The smallest absolute Gasteiger partial charge is 0.137 e. The SMILES string of the molecule is CC(N)c1cnc2[nH]ccc2c1.Cl. The number of nitrogens with two attached hydrogens (primary N) is 1. The average Bonchev–Trinajstić information content (AvgIpc) is 2.49. The summed E-state index contributed by atoms with van der Waals surface area (Å²) in [4.78, 5) is 7.26. The minimum absolute atomic E-state index is 0. The molecule has 2 heterocycles. The van der Waals surface area contributed by atoms with Gasteiger partial charge in [0.1, 0.15) is 5.65 Å². The number of H-pyrrole nitrogens is 1. The van der Waals surface area contributed by atoms with Crippen LogP contribution in [0.15, 0.2) is 24.5 Å². The molecule has 1 unspecified atom stereocenters. The van der Waals surface area contributed by atoms with Crippen LogP contribution in [0.2, 0.25) is 0 Å². The summed E-state index contributed by atoms with van der Waals surface area (Å²) in [5.41, 5.74) is 7.71. The molecule has 1 atom stereocenters. The van der Waals surface area contributed by atoms with Gasteiger partial charge in [-0.25, -0.2) is 4.98 Å². The molecule has 0 fully saturated rings. The lowest BCUT2D eigenvalue weighted by atomic mass is 10.1. The molecule has 0 amide bonds. The van der Waals surface area contributed by atoms with Crippen LogP contribution in [-0.4, -0.2) is 9.97 Å². The molecule has 0 bridgehead atoms. The van der Waals surface area contributed by atoms with Crippen LogP contribution < -0.4 is 5.73 Å². The van der Waals surface area contributed by atoms with Gasteiger partial charge in [-0.15, -0.1) is 12.4 Å². The topological polar surface area (TPSA) is 54.7 Å². The third kappa shape index (κ3) is 1.82. The minimum atomic E-state index is 0. The van der Waals surface area contributed by atoms with Gasteiger partial charge in [0.25, 0.3) is 0 Å². The Hall–Kier alpha value is -1.06. The van der Waals surface area contributed by atoms with Crippen LogP contribution in [0.4, 0.5) is 0 Å². The second kappa shape index (κ2) is 3.77. The Morgan fingerprint density at radius 3 is 3.00 bits per heavy atom. The number of nitrogens with zero attached hydrogens (tertiary/aromatic N) is 1. The summed E-state index contributed by atoms with van der Waals surface area (Å²) in [5.74, 6) is 0. The first kappa shape index (κ1) is 10.0. The number of pyridine rings is 1. The van der Waals surface area contributed by atoms with Gasteiger partial charge in [-0.1, -0.05) is 0 Å². The van der Waals surface area contributed by atoms with Crippen molar-refractivity contribution in [2.75, 3.05) is 0 Å². The molecule has 70 valence electrons. The molecule has 0 aromatic carbocycles. The van der Waals surface area contributed by atoms with E-state index < -0.39 is 0 Å². The molecule has 0 saturated heterocycles. The van der Waals surface area contributed by atoms with Crippen molar-refractivity contribution in [1.82, 2.24) is 9.97 Å². The Balaban J connectivity index is 0.000000845. The monoisotopic (exact) mass is 197 g/mol. The fraction of sp³-hybridized carbons (Fsp3) is 0.222. The van der Waals surface area contributed by atoms with E-state index in [4.69, 9.17) is 5.73 Å². The summed E-state index contributed by atoms with van der Waals surface area (Å²) in [5, 5.41) is 1.12. The van der Waals surface area contributed by atoms with Gasteiger partial charge < -0.3 is 10.7 Å². The highest BCUT2D eigenvalue weighted by Gasteiger charge is 2.01. The molecule has 0 aliphatic carbocycles. The fourth-order valence-electron chi connectivity index (χ4n) is 1.21.